The van der Waals surface area contributed by atoms with E-state index in [0.717, 1.165) is 27.3 Å². The summed E-state index contributed by atoms with van der Waals surface area (Å²) >= 11 is 8.44. The molecular formula is C22H18ClN3O3S. The van der Waals surface area contributed by atoms with Crippen LogP contribution in [-0.2, 0) is 5.75 Å². The maximum Gasteiger partial charge on any atom is 0.275 e. The number of aromatic nitrogens is 1. The van der Waals surface area contributed by atoms with Crippen LogP contribution >= 0.6 is 23.4 Å². The summed E-state index contributed by atoms with van der Waals surface area (Å²) in [4.78, 5) is 25.9. The first-order chi connectivity index (χ1) is 14.5. The van der Waals surface area contributed by atoms with Crippen molar-refractivity contribution in [3.63, 3.8) is 0 Å². The van der Waals surface area contributed by atoms with Gasteiger partial charge in [-0.15, -0.1) is 11.8 Å². The fourth-order valence-corrected chi connectivity index (χ4v) is 5.51. The third-order valence-electron chi connectivity index (χ3n) is 5.55. The van der Waals surface area contributed by atoms with Crippen LogP contribution in [0.4, 0.5) is 0 Å². The molecule has 0 saturated carbocycles. The van der Waals surface area contributed by atoms with Crippen molar-refractivity contribution >= 4 is 29.3 Å². The maximum atomic E-state index is 12.5. The number of carbonyl (C=O) groups excluding carboxylic acids is 1. The second-order valence-corrected chi connectivity index (χ2v) is 8.75. The monoisotopic (exact) mass is 439 g/mol. The number of rotatable bonds is 1. The van der Waals surface area contributed by atoms with Crippen molar-refractivity contribution < 1.29 is 9.90 Å². The summed E-state index contributed by atoms with van der Waals surface area (Å²) in [6, 6.07) is 13.6. The average Bonchev–Trinajstić information content (AvgIpc) is 2.90. The van der Waals surface area contributed by atoms with Crippen molar-refractivity contribution in [3.8, 4) is 5.75 Å². The van der Waals surface area contributed by atoms with Crippen molar-refractivity contribution in [1.29, 1.82) is 0 Å². The normalized spacial score (nSPS) is 17.5. The molecular weight excluding hydrogens is 422 g/mol. The standard InChI is InChI=1S/C22H18ClN3O3S/c1-12-9-25-19(21(28)20(12)27)22(29)24-11-26(25)18-14-6-2-3-8-16(14)30-10-13-5-4-7-15(23)17(13)18/h2-9,18,28H,10-11H2,1H3,(H,24,29)/t18-/m1/s1. The Hall–Kier alpha value is -2.90. The van der Waals surface area contributed by atoms with Gasteiger partial charge in [-0.2, -0.15) is 0 Å². The first kappa shape index (κ1) is 19.1. The summed E-state index contributed by atoms with van der Waals surface area (Å²) in [6.07, 6.45) is 1.60. The molecule has 1 amide bonds. The Bertz CT molecular complexity index is 1260. The van der Waals surface area contributed by atoms with Crippen molar-refractivity contribution in [2.75, 3.05) is 11.7 Å². The lowest BCUT2D eigenvalue weighted by atomic mass is 9.94. The van der Waals surface area contributed by atoms with Crippen LogP contribution in [0, 0.1) is 6.92 Å². The zero-order valence-electron chi connectivity index (χ0n) is 16.1. The maximum absolute atomic E-state index is 12.5. The topological polar surface area (TPSA) is 74.6 Å². The Morgan fingerprint density at radius 2 is 1.97 bits per heavy atom. The molecule has 5 rings (SSSR count). The smallest absolute Gasteiger partial charge is 0.275 e. The molecule has 0 bridgehead atoms. The Morgan fingerprint density at radius 1 is 1.17 bits per heavy atom. The van der Waals surface area contributed by atoms with Gasteiger partial charge in [-0.25, -0.2) is 0 Å². The molecule has 2 aliphatic rings. The highest BCUT2D eigenvalue weighted by Gasteiger charge is 2.36. The molecule has 30 heavy (non-hydrogen) atoms. The highest BCUT2D eigenvalue weighted by atomic mass is 35.5. The summed E-state index contributed by atoms with van der Waals surface area (Å²) in [7, 11) is 0. The van der Waals surface area contributed by atoms with Crippen LogP contribution in [0.1, 0.15) is 38.8 Å². The fourth-order valence-electron chi connectivity index (χ4n) is 4.12. The van der Waals surface area contributed by atoms with Gasteiger partial charge in [0.15, 0.2) is 11.4 Å². The highest BCUT2D eigenvalue weighted by molar-refractivity contribution is 7.98. The molecule has 3 aromatic rings. The van der Waals surface area contributed by atoms with Crippen LogP contribution < -0.4 is 15.8 Å². The van der Waals surface area contributed by atoms with E-state index in [1.807, 2.05) is 29.3 Å². The quantitative estimate of drug-likeness (QED) is 0.606. The predicted octanol–water partition coefficient (Wildman–Crippen LogP) is 3.55. The van der Waals surface area contributed by atoms with E-state index in [1.54, 1.807) is 29.6 Å². The Balaban J connectivity index is 1.81. The number of nitrogens with one attached hydrogen (secondary N) is 1. The Morgan fingerprint density at radius 3 is 2.80 bits per heavy atom. The minimum Gasteiger partial charge on any atom is -0.502 e. The van der Waals surface area contributed by atoms with Crippen LogP contribution in [0.3, 0.4) is 0 Å². The number of carbonyl (C=O) groups is 1. The summed E-state index contributed by atoms with van der Waals surface area (Å²) in [6.45, 7) is 1.82. The lowest BCUT2D eigenvalue weighted by Crippen LogP contribution is -2.54. The van der Waals surface area contributed by atoms with E-state index in [9.17, 15) is 14.7 Å². The molecule has 0 saturated heterocycles. The van der Waals surface area contributed by atoms with Crippen LogP contribution in [-0.4, -0.2) is 22.4 Å². The zero-order valence-corrected chi connectivity index (χ0v) is 17.6. The van der Waals surface area contributed by atoms with Crippen molar-refractivity contribution in [2.24, 2.45) is 0 Å². The van der Waals surface area contributed by atoms with Crippen LogP contribution in [0.25, 0.3) is 0 Å². The summed E-state index contributed by atoms with van der Waals surface area (Å²) in [5, 5.41) is 15.8. The molecule has 8 heteroatoms. The largest absolute Gasteiger partial charge is 0.502 e. The first-order valence-corrected chi connectivity index (χ1v) is 10.8. The van der Waals surface area contributed by atoms with Gasteiger partial charge in [0.05, 0.1) is 0 Å². The number of nitrogens with zero attached hydrogens (tertiary/aromatic N) is 2. The number of halogens is 1. The van der Waals surface area contributed by atoms with E-state index >= 15 is 0 Å². The van der Waals surface area contributed by atoms with Crippen LogP contribution in [0.5, 0.6) is 5.75 Å². The second kappa shape index (κ2) is 7.11. The summed E-state index contributed by atoms with van der Waals surface area (Å²) in [5.74, 6) is -0.269. The first-order valence-electron chi connectivity index (χ1n) is 9.46. The number of fused-ring (bicyclic) bond motifs is 3. The van der Waals surface area contributed by atoms with Gasteiger partial charge in [0.2, 0.25) is 5.43 Å². The lowest BCUT2D eigenvalue weighted by molar-refractivity contribution is 0.0915. The molecule has 0 radical (unpaired) electrons. The molecule has 1 aromatic heterocycles. The van der Waals surface area contributed by atoms with Gasteiger partial charge in [0.25, 0.3) is 5.91 Å². The Kier molecular flexibility index (Phi) is 4.52. The summed E-state index contributed by atoms with van der Waals surface area (Å²) < 4.78 is 1.59. The van der Waals surface area contributed by atoms with Crippen molar-refractivity contribution in [1.82, 2.24) is 9.99 Å². The molecule has 0 spiro atoms. The highest BCUT2D eigenvalue weighted by Crippen LogP contribution is 2.44. The van der Waals surface area contributed by atoms with Crippen molar-refractivity contribution in [3.05, 3.63) is 91.9 Å². The number of pyridine rings is 1. The van der Waals surface area contributed by atoms with Crippen LogP contribution in [0.2, 0.25) is 5.02 Å². The van der Waals surface area contributed by atoms with E-state index in [2.05, 4.69) is 23.5 Å². The molecule has 6 nitrogen and oxygen atoms in total. The molecule has 2 aromatic carbocycles. The Labute approximate surface area is 182 Å². The molecule has 2 aliphatic heterocycles. The van der Waals surface area contributed by atoms with Gasteiger partial charge in [-0.05, 0) is 30.2 Å². The predicted molar refractivity (Wildman–Crippen MR) is 117 cm³/mol. The van der Waals surface area contributed by atoms with Gasteiger partial charge < -0.3 is 10.4 Å². The van der Waals surface area contributed by atoms with E-state index in [-0.39, 0.29) is 18.4 Å². The van der Waals surface area contributed by atoms with Gasteiger partial charge in [-0.1, -0.05) is 41.9 Å². The molecule has 3 heterocycles. The van der Waals surface area contributed by atoms with E-state index in [1.165, 1.54) is 0 Å². The van der Waals surface area contributed by atoms with Gasteiger partial charge in [0.1, 0.15) is 12.7 Å². The number of aromatic hydroxyl groups is 1. The number of aryl methyl sites for hydroxylation is 1. The number of hydrogen-bond donors (Lipinski definition) is 2. The van der Waals surface area contributed by atoms with E-state index < -0.39 is 17.1 Å². The van der Waals surface area contributed by atoms with Crippen LogP contribution in [0.15, 0.2) is 58.4 Å². The lowest BCUT2D eigenvalue weighted by Gasteiger charge is -2.40. The minimum absolute atomic E-state index is 0.0696. The average molecular weight is 440 g/mol. The van der Waals surface area contributed by atoms with Gasteiger partial charge in [-0.3, -0.25) is 19.3 Å². The third-order valence-corrected chi connectivity index (χ3v) is 7.02. The number of hydrogen-bond acceptors (Lipinski definition) is 5. The number of thioether (sulfide) groups is 1. The molecule has 152 valence electrons. The molecule has 0 unspecified atom stereocenters. The third kappa shape index (κ3) is 2.80. The SMILES string of the molecule is Cc1cn2c(c(O)c1=O)C(=O)NCN2[C@@H]1c2ccccc2SCc2cccc(Cl)c21. The summed E-state index contributed by atoms with van der Waals surface area (Å²) in [5.41, 5.74) is 2.84. The van der Waals surface area contributed by atoms with E-state index in [0.29, 0.717) is 10.6 Å². The molecule has 1 atom stereocenters. The molecule has 2 N–H and O–H groups in total. The fraction of sp³-hybridized carbons (Fsp3) is 0.182. The number of amides is 1. The minimum atomic E-state index is -0.548. The molecule has 0 fully saturated rings. The second-order valence-electron chi connectivity index (χ2n) is 7.33. The zero-order chi connectivity index (χ0) is 21.0. The van der Waals surface area contributed by atoms with Crippen molar-refractivity contribution in [2.45, 2.75) is 23.6 Å². The van der Waals surface area contributed by atoms with E-state index in [4.69, 9.17) is 11.6 Å². The number of benzene rings is 2. The molecule has 0 aliphatic carbocycles. The van der Waals surface area contributed by atoms with Gasteiger partial charge >= 0.3 is 0 Å². The van der Waals surface area contributed by atoms with Gasteiger partial charge in [0, 0.05) is 33.0 Å².